The molecular weight excluding hydrogens is 441 g/mol. The van der Waals surface area contributed by atoms with E-state index in [1.54, 1.807) is 23.1 Å². The molecule has 1 amide bonds. The standard InChI is InChI=1S/C22H22FNO5S2/c1-15(2)24(22(25)21-5-4-12-30-21)14-16-6-11-19(28-3)20(13-16)29-31(26,27)18-9-7-17(23)8-10-18/h4-13,15H,14H2,1-3H3. The lowest BCUT2D eigenvalue weighted by Crippen LogP contribution is -2.36. The molecule has 0 atom stereocenters. The van der Waals surface area contributed by atoms with Crippen LogP contribution in [0.25, 0.3) is 0 Å². The van der Waals surface area contributed by atoms with Crippen LogP contribution in [0.2, 0.25) is 0 Å². The van der Waals surface area contributed by atoms with E-state index in [0.717, 1.165) is 24.3 Å². The predicted molar refractivity (Wildman–Crippen MR) is 117 cm³/mol. The molecule has 0 radical (unpaired) electrons. The Morgan fingerprint density at radius 3 is 2.39 bits per heavy atom. The number of amides is 1. The van der Waals surface area contributed by atoms with E-state index >= 15 is 0 Å². The Bertz CT molecular complexity index is 1140. The van der Waals surface area contributed by atoms with Gasteiger partial charge in [0.2, 0.25) is 0 Å². The SMILES string of the molecule is COc1ccc(CN(C(=O)c2cccs2)C(C)C)cc1OS(=O)(=O)c1ccc(F)cc1. The number of carbonyl (C=O) groups is 1. The fraction of sp³-hybridized carbons (Fsp3) is 0.227. The van der Waals surface area contributed by atoms with E-state index in [1.165, 1.54) is 24.5 Å². The molecule has 1 aromatic heterocycles. The van der Waals surface area contributed by atoms with Gasteiger partial charge >= 0.3 is 10.1 Å². The fourth-order valence-electron chi connectivity index (χ4n) is 2.88. The van der Waals surface area contributed by atoms with Gasteiger partial charge in [-0.3, -0.25) is 4.79 Å². The zero-order valence-electron chi connectivity index (χ0n) is 17.2. The predicted octanol–water partition coefficient (Wildman–Crippen LogP) is 4.71. The maximum absolute atomic E-state index is 13.1. The molecule has 0 aliphatic rings. The van der Waals surface area contributed by atoms with Gasteiger partial charge in [-0.25, -0.2) is 4.39 Å². The lowest BCUT2D eigenvalue weighted by atomic mass is 10.1. The van der Waals surface area contributed by atoms with E-state index in [9.17, 15) is 17.6 Å². The van der Waals surface area contributed by atoms with Gasteiger partial charge < -0.3 is 13.8 Å². The average molecular weight is 464 g/mol. The van der Waals surface area contributed by atoms with Crippen LogP contribution >= 0.6 is 11.3 Å². The van der Waals surface area contributed by atoms with Crippen molar-refractivity contribution in [3.05, 3.63) is 76.2 Å². The minimum Gasteiger partial charge on any atom is -0.493 e. The van der Waals surface area contributed by atoms with Crippen LogP contribution in [0.5, 0.6) is 11.5 Å². The molecule has 0 saturated heterocycles. The Kier molecular flexibility index (Phi) is 6.97. The number of hydrogen-bond donors (Lipinski definition) is 0. The molecule has 0 spiro atoms. The average Bonchev–Trinajstić information content (AvgIpc) is 3.26. The minimum atomic E-state index is -4.20. The summed E-state index contributed by atoms with van der Waals surface area (Å²) in [5, 5.41) is 1.84. The Morgan fingerprint density at radius 1 is 1.10 bits per heavy atom. The maximum Gasteiger partial charge on any atom is 0.339 e. The van der Waals surface area contributed by atoms with E-state index in [0.29, 0.717) is 10.4 Å². The smallest absolute Gasteiger partial charge is 0.339 e. The highest BCUT2D eigenvalue weighted by atomic mass is 32.2. The van der Waals surface area contributed by atoms with Crippen LogP contribution in [-0.2, 0) is 16.7 Å². The Morgan fingerprint density at radius 2 is 1.81 bits per heavy atom. The molecule has 31 heavy (non-hydrogen) atoms. The molecule has 164 valence electrons. The quantitative estimate of drug-likeness (QED) is 0.452. The molecule has 0 bridgehead atoms. The zero-order chi connectivity index (χ0) is 22.6. The van der Waals surface area contributed by atoms with Gasteiger partial charge in [0.05, 0.1) is 12.0 Å². The Hall–Kier alpha value is -2.91. The number of rotatable bonds is 8. The topological polar surface area (TPSA) is 72.9 Å². The van der Waals surface area contributed by atoms with Crippen molar-refractivity contribution < 1.29 is 26.5 Å². The van der Waals surface area contributed by atoms with Crippen molar-refractivity contribution in [2.45, 2.75) is 31.3 Å². The second-order valence-corrected chi connectivity index (χ2v) is 9.47. The van der Waals surface area contributed by atoms with E-state index in [2.05, 4.69) is 0 Å². The Labute approximate surface area is 185 Å². The normalized spacial score (nSPS) is 11.4. The summed E-state index contributed by atoms with van der Waals surface area (Å²) in [7, 11) is -2.81. The molecule has 2 aromatic carbocycles. The number of thiophene rings is 1. The second kappa shape index (κ2) is 9.49. The van der Waals surface area contributed by atoms with Crippen molar-refractivity contribution in [1.82, 2.24) is 4.90 Å². The first kappa shape index (κ1) is 22.8. The molecule has 6 nitrogen and oxygen atoms in total. The van der Waals surface area contributed by atoms with Crippen LogP contribution in [0.1, 0.15) is 29.1 Å². The highest BCUT2D eigenvalue weighted by Gasteiger charge is 2.23. The van der Waals surface area contributed by atoms with Crippen molar-refractivity contribution >= 4 is 27.4 Å². The third-order valence-electron chi connectivity index (χ3n) is 4.50. The van der Waals surface area contributed by atoms with Gasteiger partial charge in [-0.2, -0.15) is 8.42 Å². The first-order valence-corrected chi connectivity index (χ1v) is 11.7. The summed E-state index contributed by atoms with van der Waals surface area (Å²) in [5.41, 5.74) is 0.670. The van der Waals surface area contributed by atoms with Crippen LogP contribution in [0, 0.1) is 5.82 Å². The summed E-state index contributed by atoms with van der Waals surface area (Å²) < 4.78 is 48.9. The van der Waals surface area contributed by atoms with Crippen LogP contribution in [-0.4, -0.2) is 32.4 Å². The second-order valence-electron chi connectivity index (χ2n) is 6.98. The van der Waals surface area contributed by atoms with E-state index in [4.69, 9.17) is 8.92 Å². The zero-order valence-corrected chi connectivity index (χ0v) is 18.9. The van der Waals surface area contributed by atoms with Crippen molar-refractivity contribution in [2.75, 3.05) is 7.11 Å². The monoisotopic (exact) mass is 463 g/mol. The van der Waals surface area contributed by atoms with E-state index in [-0.39, 0.29) is 34.9 Å². The highest BCUT2D eigenvalue weighted by Crippen LogP contribution is 2.32. The molecule has 0 saturated carbocycles. The first-order chi connectivity index (χ1) is 14.7. The molecule has 0 fully saturated rings. The molecule has 0 aliphatic carbocycles. The summed E-state index contributed by atoms with van der Waals surface area (Å²) in [5.74, 6) is -0.461. The number of methoxy groups -OCH3 is 1. The van der Waals surface area contributed by atoms with Gasteiger partial charge in [0.15, 0.2) is 11.5 Å². The molecule has 0 N–H and O–H groups in total. The number of halogens is 1. The van der Waals surface area contributed by atoms with Gasteiger partial charge in [0, 0.05) is 12.6 Å². The van der Waals surface area contributed by atoms with Gasteiger partial charge in [-0.05, 0) is 67.3 Å². The molecule has 0 aliphatic heterocycles. The number of benzene rings is 2. The van der Waals surface area contributed by atoms with Gasteiger partial charge in [-0.15, -0.1) is 11.3 Å². The van der Waals surface area contributed by atoms with Crippen molar-refractivity contribution in [3.8, 4) is 11.5 Å². The highest BCUT2D eigenvalue weighted by molar-refractivity contribution is 7.87. The minimum absolute atomic E-state index is 0.0170. The summed E-state index contributed by atoms with van der Waals surface area (Å²) >= 11 is 1.36. The van der Waals surface area contributed by atoms with Gasteiger partial charge in [-0.1, -0.05) is 12.1 Å². The van der Waals surface area contributed by atoms with Crippen LogP contribution in [0.4, 0.5) is 4.39 Å². The van der Waals surface area contributed by atoms with Crippen molar-refractivity contribution in [2.24, 2.45) is 0 Å². The van der Waals surface area contributed by atoms with Crippen LogP contribution in [0.3, 0.4) is 0 Å². The molecule has 9 heteroatoms. The third kappa shape index (κ3) is 5.42. The molecule has 3 aromatic rings. The molecule has 3 rings (SSSR count). The number of hydrogen-bond acceptors (Lipinski definition) is 6. The third-order valence-corrected chi connectivity index (χ3v) is 6.61. The Balaban J connectivity index is 1.89. The largest absolute Gasteiger partial charge is 0.493 e. The van der Waals surface area contributed by atoms with Gasteiger partial charge in [0.1, 0.15) is 10.7 Å². The first-order valence-electron chi connectivity index (χ1n) is 9.42. The summed E-state index contributed by atoms with van der Waals surface area (Å²) in [6, 6.07) is 12.7. The summed E-state index contributed by atoms with van der Waals surface area (Å²) in [4.78, 5) is 15.0. The van der Waals surface area contributed by atoms with Gasteiger partial charge in [0.25, 0.3) is 5.91 Å². The van der Waals surface area contributed by atoms with Crippen LogP contribution < -0.4 is 8.92 Å². The summed E-state index contributed by atoms with van der Waals surface area (Å²) in [6.07, 6.45) is 0. The lowest BCUT2D eigenvalue weighted by Gasteiger charge is -2.26. The van der Waals surface area contributed by atoms with E-state index < -0.39 is 15.9 Å². The maximum atomic E-state index is 13.1. The molecule has 1 heterocycles. The summed E-state index contributed by atoms with van der Waals surface area (Å²) in [6.45, 7) is 4.07. The fourth-order valence-corrected chi connectivity index (χ4v) is 4.49. The van der Waals surface area contributed by atoms with Crippen molar-refractivity contribution in [1.29, 1.82) is 0 Å². The van der Waals surface area contributed by atoms with Crippen LogP contribution in [0.15, 0.2) is 64.9 Å². The lowest BCUT2D eigenvalue weighted by molar-refractivity contribution is 0.0695. The number of carbonyl (C=O) groups excluding carboxylic acids is 1. The van der Waals surface area contributed by atoms with Crippen molar-refractivity contribution in [3.63, 3.8) is 0 Å². The molecule has 0 unspecified atom stereocenters. The number of nitrogens with zero attached hydrogens (tertiary/aromatic N) is 1. The molecular formula is C22H22FNO5S2. The van der Waals surface area contributed by atoms with E-state index in [1.807, 2.05) is 25.3 Å². The number of ether oxygens (including phenoxy) is 1.